The molecule has 0 aromatic carbocycles. The van der Waals surface area contributed by atoms with Crippen LogP contribution in [0.15, 0.2) is 18.3 Å². The van der Waals surface area contributed by atoms with Crippen LogP contribution in [-0.2, 0) is 10.3 Å². The Hall–Kier alpha value is 0.150. The quantitative estimate of drug-likeness (QED) is 0.460. The van der Waals surface area contributed by atoms with Crippen molar-refractivity contribution in [3.8, 4) is 0 Å². The fraction of sp³-hybridized carbons (Fsp3) is 0. The van der Waals surface area contributed by atoms with Crippen LogP contribution in [-0.4, -0.2) is 18.0 Å². The van der Waals surface area contributed by atoms with Gasteiger partial charge >= 0.3 is 39.9 Å². The van der Waals surface area contributed by atoms with Crippen molar-refractivity contribution in [3.05, 3.63) is 23.4 Å². The van der Waals surface area contributed by atoms with Crippen LogP contribution in [0, 0.1) is 0 Å². The summed E-state index contributed by atoms with van der Waals surface area (Å²) in [6.45, 7) is 0. The van der Waals surface area contributed by atoms with E-state index in [9.17, 15) is 8.42 Å². The van der Waals surface area contributed by atoms with Crippen LogP contribution in [0.5, 0.6) is 0 Å². The van der Waals surface area contributed by atoms with Crippen LogP contribution >= 0.6 is 11.6 Å². The second-order valence-electron chi connectivity index (χ2n) is 1.94. The van der Waals surface area contributed by atoms with Crippen molar-refractivity contribution in [1.29, 1.82) is 0 Å². The van der Waals surface area contributed by atoms with Crippen LogP contribution in [0.1, 0.15) is 1.43 Å². The smallest absolute Gasteiger partial charge is 1.00 e. The Morgan fingerprint density at radius 3 is 2.54 bits per heavy atom. The molecule has 0 unspecified atom stereocenters. The molecule has 0 radical (unpaired) electrons. The summed E-state index contributed by atoms with van der Waals surface area (Å²) < 4.78 is 30.6. The number of rotatable bonds is 2. The predicted octanol–water partition coefficient (Wildman–Crippen LogP) is -1.93. The molecule has 5 nitrogen and oxygen atoms in total. The van der Waals surface area contributed by atoms with E-state index >= 15 is 0 Å². The maximum Gasteiger partial charge on any atom is 1.00 e. The molecule has 1 aromatic heterocycles. The van der Waals surface area contributed by atoms with E-state index in [1.165, 1.54) is 18.3 Å². The van der Waals surface area contributed by atoms with E-state index in [1.807, 2.05) is 0 Å². The van der Waals surface area contributed by atoms with Gasteiger partial charge in [0, 0.05) is 6.20 Å². The zero-order valence-corrected chi connectivity index (χ0v) is 10.3. The van der Waals surface area contributed by atoms with Crippen LogP contribution < -0.4 is 34.3 Å². The van der Waals surface area contributed by atoms with E-state index in [0.29, 0.717) is 5.02 Å². The standard InChI is InChI=1S/C5H5ClN2O3S.Na.H/c6-4-1-2-5(7-3-4)8-12(9,10)11;;/h1-3H,(H,7,8)(H,9,10,11);;/q;+1;-1. The molecule has 0 bridgehead atoms. The zero-order chi connectivity index (χ0) is 9.19. The van der Waals surface area contributed by atoms with Gasteiger partial charge in [0.15, 0.2) is 0 Å². The molecule has 0 spiro atoms. The first-order valence-corrected chi connectivity index (χ1v) is 4.66. The maximum atomic E-state index is 10.3. The van der Waals surface area contributed by atoms with Gasteiger partial charge in [-0.15, -0.1) is 0 Å². The summed E-state index contributed by atoms with van der Waals surface area (Å²) in [6.07, 6.45) is 1.26. The summed E-state index contributed by atoms with van der Waals surface area (Å²) >= 11 is 5.48. The summed E-state index contributed by atoms with van der Waals surface area (Å²) in [5.41, 5.74) is 0. The minimum atomic E-state index is -4.25. The average Bonchev–Trinajstić information content (AvgIpc) is 1.91. The van der Waals surface area contributed by atoms with Crippen LogP contribution in [0.4, 0.5) is 5.82 Å². The van der Waals surface area contributed by atoms with E-state index < -0.39 is 10.3 Å². The second-order valence-corrected chi connectivity index (χ2v) is 3.53. The Morgan fingerprint density at radius 1 is 1.54 bits per heavy atom. The molecule has 0 amide bonds. The van der Waals surface area contributed by atoms with Gasteiger partial charge in [-0.2, -0.15) is 8.42 Å². The van der Waals surface area contributed by atoms with Crippen LogP contribution in [0.3, 0.4) is 0 Å². The predicted molar refractivity (Wildman–Crippen MR) is 45.5 cm³/mol. The molecule has 0 saturated carbocycles. The summed E-state index contributed by atoms with van der Waals surface area (Å²) in [4.78, 5) is 3.58. The number of hydrogen-bond donors (Lipinski definition) is 2. The van der Waals surface area contributed by atoms with E-state index in [0.717, 1.165) is 0 Å². The minimum absolute atomic E-state index is 0. The number of anilines is 1. The Morgan fingerprint density at radius 2 is 2.15 bits per heavy atom. The molecule has 0 atom stereocenters. The minimum Gasteiger partial charge on any atom is -1.00 e. The van der Waals surface area contributed by atoms with Crippen LogP contribution in [0.25, 0.3) is 0 Å². The molecule has 13 heavy (non-hydrogen) atoms. The molecule has 8 heteroatoms. The largest absolute Gasteiger partial charge is 1.00 e. The maximum absolute atomic E-state index is 10.3. The molecule has 0 aliphatic carbocycles. The Balaban J connectivity index is 0. The van der Waals surface area contributed by atoms with Gasteiger partial charge in [-0.1, -0.05) is 11.6 Å². The van der Waals surface area contributed by atoms with Gasteiger partial charge in [0.05, 0.1) is 5.02 Å². The Labute approximate surface area is 104 Å². The van der Waals surface area contributed by atoms with Crippen molar-refractivity contribution in [2.75, 3.05) is 4.72 Å². The molecule has 0 aliphatic rings. The molecule has 0 fully saturated rings. The molecule has 0 aliphatic heterocycles. The van der Waals surface area contributed by atoms with E-state index in [1.54, 1.807) is 4.72 Å². The van der Waals surface area contributed by atoms with Crippen LogP contribution in [0.2, 0.25) is 5.02 Å². The summed E-state index contributed by atoms with van der Waals surface area (Å²) in [5.74, 6) is 0.0156. The summed E-state index contributed by atoms with van der Waals surface area (Å²) in [7, 11) is -4.25. The molecule has 0 saturated heterocycles. The van der Waals surface area contributed by atoms with Crippen molar-refractivity contribution < 1.29 is 44.0 Å². The molecular formula is C5H6ClN2NaO3S. The number of hydrogen-bond acceptors (Lipinski definition) is 3. The zero-order valence-electron chi connectivity index (χ0n) is 7.73. The van der Waals surface area contributed by atoms with Gasteiger partial charge in [0.2, 0.25) is 0 Å². The molecule has 1 rings (SSSR count). The number of nitrogens with zero attached hydrogens (tertiary/aromatic N) is 1. The Kier molecular flexibility index (Phi) is 5.19. The first kappa shape index (κ1) is 13.2. The number of pyridine rings is 1. The van der Waals surface area contributed by atoms with Gasteiger partial charge < -0.3 is 1.43 Å². The van der Waals surface area contributed by atoms with Crippen molar-refractivity contribution in [1.82, 2.24) is 4.98 Å². The average molecular weight is 233 g/mol. The van der Waals surface area contributed by atoms with Gasteiger partial charge in [-0.05, 0) is 12.1 Å². The number of halogens is 1. The summed E-state index contributed by atoms with van der Waals surface area (Å²) in [5, 5.41) is 0.385. The molecule has 1 aromatic rings. The Bertz CT molecular complexity index is 371. The van der Waals surface area contributed by atoms with Gasteiger partial charge in [0.25, 0.3) is 0 Å². The van der Waals surface area contributed by atoms with Gasteiger partial charge in [-0.3, -0.25) is 4.55 Å². The van der Waals surface area contributed by atoms with E-state index in [-0.39, 0.29) is 36.8 Å². The molecular weight excluding hydrogens is 227 g/mol. The van der Waals surface area contributed by atoms with Gasteiger partial charge in [0.1, 0.15) is 5.82 Å². The number of nitrogens with one attached hydrogen (secondary N) is 1. The molecule has 2 N–H and O–H groups in total. The first-order chi connectivity index (χ1) is 5.47. The van der Waals surface area contributed by atoms with E-state index in [2.05, 4.69) is 4.98 Å². The van der Waals surface area contributed by atoms with Crippen molar-refractivity contribution >= 4 is 27.7 Å². The van der Waals surface area contributed by atoms with Gasteiger partial charge in [-0.25, -0.2) is 9.71 Å². The van der Waals surface area contributed by atoms with Crippen molar-refractivity contribution in [2.24, 2.45) is 0 Å². The second kappa shape index (κ2) is 5.14. The SMILES string of the molecule is O=S(=O)(O)Nc1ccc(Cl)cn1.[H-].[Na+]. The summed E-state index contributed by atoms with van der Waals surface area (Å²) in [6, 6.07) is 2.78. The third-order valence-corrected chi connectivity index (χ3v) is 1.65. The topological polar surface area (TPSA) is 79.3 Å². The third kappa shape index (κ3) is 5.45. The van der Waals surface area contributed by atoms with Crippen molar-refractivity contribution in [2.45, 2.75) is 0 Å². The fourth-order valence-electron chi connectivity index (χ4n) is 0.568. The fourth-order valence-corrected chi connectivity index (χ4v) is 1.07. The third-order valence-electron chi connectivity index (χ3n) is 0.961. The molecule has 68 valence electrons. The monoisotopic (exact) mass is 232 g/mol. The number of aromatic nitrogens is 1. The molecule has 1 heterocycles. The normalized spacial score (nSPS) is 10.3. The van der Waals surface area contributed by atoms with Crippen molar-refractivity contribution in [3.63, 3.8) is 0 Å². The van der Waals surface area contributed by atoms with E-state index in [4.69, 9.17) is 16.2 Å². The first-order valence-electron chi connectivity index (χ1n) is 2.84.